The fourth-order valence-electron chi connectivity index (χ4n) is 1.28. The Hall–Kier alpha value is -1.55. The number of ketones is 1. The molecule has 0 radical (unpaired) electrons. The van der Waals surface area contributed by atoms with Crippen LogP contribution in [0.1, 0.15) is 30.6 Å². The van der Waals surface area contributed by atoms with E-state index in [-0.39, 0.29) is 16.6 Å². The molecule has 0 spiro atoms. The second-order valence-electron chi connectivity index (χ2n) is 3.55. The van der Waals surface area contributed by atoms with Crippen molar-refractivity contribution in [2.45, 2.75) is 26.4 Å². The Bertz CT molecular complexity index is 442. The Kier molecular flexibility index (Phi) is 4.52. The highest BCUT2D eigenvalue weighted by Gasteiger charge is 2.18. The number of hydrogen-bond donors (Lipinski definition) is 1. The Morgan fingerprint density at radius 1 is 1.47 bits per heavy atom. The molecule has 1 atom stereocenters. The molecule has 1 unspecified atom stereocenters. The lowest BCUT2D eigenvalue weighted by Crippen LogP contribution is -2.26. The summed E-state index contributed by atoms with van der Waals surface area (Å²) in [4.78, 5) is 21.9. The van der Waals surface area contributed by atoms with E-state index in [1.165, 1.54) is 19.1 Å². The minimum atomic E-state index is -1.04. The molecular weight excluding hydrogens is 244 g/mol. The molecule has 0 saturated heterocycles. The molecule has 92 valence electrons. The Morgan fingerprint density at radius 2 is 2.12 bits per heavy atom. The van der Waals surface area contributed by atoms with Crippen LogP contribution in [0.2, 0.25) is 5.02 Å². The van der Waals surface area contributed by atoms with Gasteiger partial charge in [0.15, 0.2) is 11.9 Å². The van der Waals surface area contributed by atoms with E-state index in [4.69, 9.17) is 21.4 Å². The Labute approximate surface area is 104 Å². The zero-order chi connectivity index (χ0) is 13.0. The molecule has 1 rings (SSSR count). The normalized spacial score (nSPS) is 11.9. The number of carbonyl (C=O) groups excluding carboxylic acids is 1. The van der Waals surface area contributed by atoms with Crippen LogP contribution in [0.5, 0.6) is 5.75 Å². The molecule has 0 aliphatic heterocycles. The number of ether oxygens (including phenoxy) is 1. The van der Waals surface area contributed by atoms with Gasteiger partial charge in [-0.25, -0.2) is 4.79 Å². The topological polar surface area (TPSA) is 63.6 Å². The smallest absolute Gasteiger partial charge is 0.344 e. The lowest BCUT2D eigenvalue weighted by atomic mass is 10.1. The van der Waals surface area contributed by atoms with Crippen LogP contribution in [-0.2, 0) is 4.79 Å². The van der Waals surface area contributed by atoms with Crippen LogP contribution in [0.4, 0.5) is 0 Å². The average Bonchev–Trinajstić information content (AvgIpc) is 2.26. The zero-order valence-electron chi connectivity index (χ0n) is 9.57. The summed E-state index contributed by atoms with van der Waals surface area (Å²) in [7, 11) is 0. The first-order valence-electron chi connectivity index (χ1n) is 5.15. The molecule has 17 heavy (non-hydrogen) atoms. The van der Waals surface area contributed by atoms with Crippen LogP contribution in [0.3, 0.4) is 0 Å². The predicted molar refractivity (Wildman–Crippen MR) is 63.8 cm³/mol. The summed E-state index contributed by atoms with van der Waals surface area (Å²) in [5, 5.41) is 9.08. The molecule has 0 saturated carbocycles. The first-order valence-corrected chi connectivity index (χ1v) is 5.53. The van der Waals surface area contributed by atoms with Crippen molar-refractivity contribution in [3.63, 3.8) is 0 Å². The minimum absolute atomic E-state index is 0.108. The van der Waals surface area contributed by atoms with Crippen LogP contribution >= 0.6 is 11.6 Å². The molecule has 1 aromatic carbocycles. The van der Waals surface area contributed by atoms with Crippen LogP contribution in [0, 0.1) is 0 Å². The largest absolute Gasteiger partial charge is 0.479 e. The van der Waals surface area contributed by atoms with E-state index in [9.17, 15) is 9.59 Å². The second-order valence-corrected chi connectivity index (χ2v) is 3.96. The number of Topliss-reactive ketones (excluding diaryl/α,β-unsaturated/α-hetero) is 1. The standard InChI is InChI=1S/C12H13ClO4/c1-3-10(12(15)16)17-11-5-4-8(7(2)14)6-9(11)13/h4-6,10H,3H2,1-2H3,(H,15,16). The van der Waals surface area contributed by atoms with Crippen LogP contribution in [0.15, 0.2) is 18.2 Å². The Balaban J connectivity index is 2.93. The van der Waals surface area contributed by atoms with Crippen molar-refractivity contribution in [3.8, 4) is 5.75 Å². The monoisotopic (exact) mass is 256 g/mol. The van der Waals surface area contributed by atoms with Crippen molar-refractivity contribution < 1.29 is 19.4 Å². The Morgan fingerprint density at radius 3 is 2.53 bits per heavy atom. The maximum atomic E-state index is 11.1. The van der Waals surface area contributed by atoms with Crippen LogP contribution < -0.4 is 4.74 Å². The van der Waals surface area contributed by atoms with Gasteiger partial charge in [-0.15, -0.1) is 0 Å². The number of carboxylic acid groups (broad SMARTS) is 1. The van der Waals surface area contributed by atoms with Gasteiger partial charge in [0.2, 0.25) is 0 Å². The maximum Gasteiger partial charge on any atom is 0.344 e. The molecule has 4 nitrogen and oxygen atoms in total. The summed E-state index contributed by atoms with van der Waals surface area (Å²) in [6.07, 6.45) is -0.601. The van der Waals surface area contributed by atoms with Crippen LogP contribution in [-0.4, -0.2) is 23.0 Å². The molecule has 1 aromatic rings. The third-order valence-electron chi connectivity index (χ3n) is 2.25. The lowest BCUT2D eigenvalue weighted by Gasteiger charge is -2.14. The van der Waals surface area contributed by atoms with Gasteiger partial charge in [0.1, 0.15) is 5.75 Å². The van der Waals surface area contributed by atoms with Gasteiger partial charge in [-0.3, -0.25) is 4.79 Å². The number of aliphatic carboxylic acids is 1. The quantitative estimate of drug-likeness (QED) is 0.823. The van der Waals surface area contributed by atoms with Gasteiger partial charge >= 0.3 is 5.97 Å². The molecule has 0 fully saturated rings. The lowest BCUT2D eigenvalue weighted by molar-refractivity contribution is -0.145. The third kappa shape index (κ3) is 3.46. The number of carbonyl (C=O) groups is 2. The van der Waals surface area contributed by atoms with E-state index in [0.717, 1.165) is 0 Å². The molecule has 0 aromatic heterocycles. The molecule has 0 amide bonds. The minimum Gasteiger partial charge on any atom is -0.479 e. The van der Waals surface area contributed by atoms with Gasteiger partial charge in [-0.05, 0) is 31.5 Å². The van der Waals surface area contributed by atoms with Crippen molar-refractivity contribution >= 4 is 23.4 Å². The molecule has 0 heterocycles. The maximum absolute atomic E-state index is 11.1. The van der Waals surface area contributed by atoms with Gasteiger partial charge in [0.05, 0.1) is 5.02 Å². The van der Waals surface area contributed by atoms with E-state index in [1.54, 1.807) is 13.0 Å². The van der Waals surface area contributed by atoms with Gasteiger partial charge in [0, 0.05) is 5.56 Å². The molecule has 0 bridgehead atoms. The summed E-state index contributed by atoms with van der Waals surface area (Å²) in [5.74, 6) is -0.881. The summed E-state index contributed by atoms with van der Waals surface area (Å²) in [5.41, 5.74) is 0.464. The molecule has 0 aliphatic rings. The van der Waals surface area contributed by atoms with E-state index in [1.807, 2.05) is 0 Å². The van der Waals surface area contributed by atoms with E-state index in [2.05, 4.69) is 0 Å². The summed E-state index contributed by atoms with van der Waals surface area (Å²) < 4.78 is 5.25. The fourth-order valence-corrected chi connectivity index (χ4v) is 1.50. The SMILES string of the molecule is CCC(Oc1ccc(C(C)=O)cc1Cl)C(=O)O. The fraction of sp³-hybridized carbons (Fsp3) is 0.333. The van der Waals surface area contributed by atoms with E-state index >= 15 is 0 Å². The number of hydrogen-bond acceptors (Lipinski definition) is 3. The first kappa shape index (κ1) is 13.5. The number of benzene rings is 1. The molecule has 0 aliphatic carbocycles. The van der Waals surface area contributed by atoms with Crippen molar-refractivity contribution in [2.24, 2.45) is 0 Å². The number of carboxylic acids is 1. The predicted octanol–water partition coefficient (Wildman–Crippen LogP) is 2.78. The average molecular weight is 257 g/mol. The van der Waals surface area contributed by atoms with Gasteiger partial charge in [-0.2, -0.15) is 0 Å². The molecular formula is C12H13ClO4. The van der Waals surface area contributed by atoms with Gasteiger partial charge < -0.3 is 9.84 Å². The zero-order valence-corrected chi connectivity index (χ0v) is 10.3. The third-order valence-corrected chi connectivity index (χ3v) is 2.55. The van der Waals surface area contributed by atoms with Crippen molar-refractivity contribution in [3.05, 3.63) is 28.8 Å². The number of rotatable bonds is 5. The van der Waals surface area contributed by atoms with E-state index < -0.39 is 12.1 Å². The molecule has 5 heteroatoms. The highest BCUT2D eigenvalue weighted by Crippen LogP contribution is 2.27. The second kappa shape index (κ2) is 5.68. The van der Waals surface area contributed by atoms with Crippen molar-refractivity contribution in [1.82, 2.24) is 0 Å². The summed E-state index contributed by atoms with van der Waals surface area (Å²) >= 11 is 5.91. The van der Waals surface area contributed by atoms with Gasteiger partial charge in [0.25, 0.3) is 0 Å². The molecule has 1 N–H and O–H groups in total. The van der Waals surface area contributed by atoms with Crippen molar-refractivity contribution in [2.75, 3.05) is 0 Å². The highest BCUT2D eigenvalue weighted by atomic mass is 35.5. The highest BCUT2D eigenvalue weighted by molar-refractivity contribution is 6.32. The van der Waals surface area contributed by atoms with E-state index in [0.29, 0.717) is 12.0 Å². The van der Waals surface area contributed by atoms with Crippen molar-refractivity contribution in [1.29, 1.82) is 0 Å². The summed E-state index contributed by atoms with van der Waals surface area (Å²) in [6, 6.07) is 4.52. The van der Waals surface area contributed by atoms with Gasteiger partial charge in [-0.1, -0.05) is 18.5 Å². The first-order chi connectivity index (χ1) is 7.95. The number of halogens is 1. The summed E-state index contributed by atoms with van der Waals surface area (Å²) in [6.45, 7) is 3.13. The van der Waals surface area contributed by atoms with Crippen LogP contribution in [0.25, 0.3) is 0 Å².